The van der Waals surface area contributed by atoms with Crippen molar-refractivity contribution < 1.29 is 9.90 Å². The highest BCUT2D eigenvalue weighted by Gasteiger charge is 2.22. The van der Waals surface area contributed by atoms with Crippen molar-refractivity contribution in [1.29, 1.82) is 0 Å². The van der Waals surface area contributed by atoms with Crippen LogP contribution in [0.1, 0.15) is 16.8 Å². The van der Waals surface area contributed by atoms with Gasteiger partial charge in [0.2, 0.25) is 0 Å². The maximum Gasteiger partial charge on any atom is 0.328 e. The SMILES string of the molecule is O=C(O)C=Cc1c(N2CCc3ccccc3C2)nc2sccn12. The zero-order valence-electron chi connectivity index (χ0n) is 12.3. The Bertz CT molecular complexity index is 910. The average Bonchev–Trinajstić information content (AvgIpc) is 3.13. The highest BCUT2D eigenvalue weighted by Crippen LogP contribution is 2.30. The summed E-state index contributed by atoms with van der Waals surface area (Å²) in [6, 6.07) is 8.44. The van der Waals surface area contributed by atoms with Crippen molar-refractivity contribution in [3.05, 3.63) is 58.7 Å². The molecular formula is C17H15N3O2S. The van der Waals surface area contributed by atoms with Crippen LogP contribution in [0.2, 0.25) is 0 Å². The Hall–Kier alpha value is -2.60. The Morgan fingerprint density at radius 2 is 2.13 bits per heavy atom. The molecule has 3 aromatic rings. The molecule has 0 atom stereocenters. The summed E-state index contributed by atoms with van der Waals surface area (Å²) in [5.74, 6) is -0.103. The Labute approximate surface area is 137 Å². The normalized spacial score (nSPS) is 14.5. The van der Waals surface area contributed by atoms with Gasteiger partial charge < -0.3 is 10.0 Å². The molecule has 0 spiro atoms. The third-order valence-corrected chi connectivity index (χ3v) is 4.85. The number of benzene rings is 1. The summed E-state index contributed by atoms with van der Waals surface area (Å²) in [6.45, 7) is 1.69. The summed E-state index contributed by atoms with van der Waals surface area (Å²) in [4.78, 5) is 18.7. The number of anilines is 1. The largest absolute Gasteiger partial charge is 0.478 e. The summed E-state index contributed by atoms with van der Waals surface area (Å²) in [5.41, 5.74) is 3.51. The van der Waals surface area contributed by atoms with Crippen molar-refractivity contribution >= 4 is 34.2 Å². The molecule has 0 amide bonds. The van der Waals surface area contributed by atoms with Crippen LogP contribution in [0.5, 0.6) is 0 Å². The predicted molar refractivity (Wildman–Crippen MR) is 90.9 cm³/mol. The number of aromatic nitrogens is 2. The molecule has 0 unspecified atom stereocenters. The molecule has 3 heterocycles. The Morgan fingerprint density at radius 3 is 2.96 bits per heavy atom. The quantitative estimate of drug-likeness (QED) is 0.752. The van der Waals surface area contributed by atoms with Gasteiger partial charge in [-0.05, 0) is 23.6 Å². The minimum Gasteiger partial charge on any atom is -0.478 e. The van der Waals surface area contributed by atoms with E-state index >= 15 is 0 Å². The highest BCUT2D eigenvalue weighted by atomic mass is 32.1. The van der Waals surface area contributed by atoms with Crippen LogP contribution < -0.4 is 4.90 Å². The van der Waals surface area contributed by atoms with E-state index in [-0.39, 0.29) is 0 Å². The highest BCUT2D eigenvalue weighted by molar-refractivity contribution is 7.15. The van der Waals surface area contributed by atoms with Crippen LogP contribution in [0.4, 0.5) is 5.82 Å². The molecule has 0 saturated carbocycles. The van der Waals surface area contributed by atoms with Crippen molar-refractivity contribution in [2.24, 2.45) is 0 Å². The molecule has 4 rings (SSSR count). The molecule has 1 aliphatic heterocycles. The van der Waals surface area contributed by atoms with Crippen molar-refractivity contribution in [3.63, 3.8) is 0 Å². The zero-order chi connectivity index (χ0) is 15.8. The minimum absolute atomic E-state index is 0.801. The molecule has 0 radical (unpaired) electrons. The maximum atomic E-state index is 10.9. The van der Waals surface area contributed by atoms with E-state index in [2.05, 4.69) is 29.2 Å². The van der Waals surface area contributed by atoms with Crippen LogP contribution in [0, 0.1) is 0 Å². The number of aliphatic carboxylic acids is 1. The summed E-state index contributed by atoms with van der Waals surface area (Å²) in [5, 5.41) is 10.9. The van der Waals surface area contributed by atoms with E-state index in [0.29, 0.717) is 0 Å². The molecule has 2 aromatic heterocycles. The number of hydrogen-bond acceptors (Lipinski definition) is 4. The summed E-state index contributed by atoms with van der Waals surface area (Å²) < 4.78 is 1.94. The van der Waals surface area contributed by atoms with E-state index in [1.165, 1.54) is 17.2 Å². The van der Waals surface area contributed by atoms with Crippen LogP contribution in [-0.4, -0.2) is 27.0 Å². The lowest BCUT2D eigenvalue weighted by molar-refractivity contribution is -0.131. The number of imidazole rings is 1. The Morgan fingerprint density at radius 1 is 1.30 bits per heavy atom. The standard InChI is InChI=1S/C17H15N3O2S/c21-15(22)6-5-14-16(18-17-20(14)9-10-23-17)19-8-7-12-3-1-2-4-13(12)11-19/h1-6,9-10H,7-8,11H2,(H,21,22). The van der Waals surface area contributed by atoms with Gasteiger partial charge in [-0.3, -0.25) is 4.40 Å². The first-order valence-corrected chi connectivity index (χ1v) is 8.28. The zero-order valence-corrected chi connectivity index (χ0v) is 13.2. The number of carboxylic acids is 1. The van der Waals surface area contributed by atoms with Crippen LogP contribution in [0.25, 0.3) is 11.0 Å². The van der Waals surface area contributed by atoms with Crippen molar-refractivity contribution in [3.8, 4) is 0 Å². The third-order valence-electron chi connectivity index (χ3n) is 4.09. The summed E-state index contributed by atoms with van der Waals surface area (Å²) >= 11 is 1.55. The molecule has 1 aliphatic rings. The molecule has 0 aliphatic carbocycles. The van der Waals surface area contributed by atoms with Crippen LogP contribution in [0.15, 0.2) is 41.9 Å². The van der Waals surface area contributed by atoms with E-state index in [0.717, 1.165) is 36.0 Å². The number of nitrogens with zero attached hydrogens (tertiary/aromatic N) is 3. The molecule has 6 heteroatoms. The molecule has 23 heavy (non-hydrogen) atoms. The molecule has 0 saturated heterocycles. The van der Waals surface area contributed by atoms with Crippen LogP contribution in [0.3, 0.4) is 0 Å². The second kappa shape index (κ2) is 5.55. The molecular weight excluding hydrogens is 310 g/mol. The monoisotopic (exact) mass is 325 g/mol. The van der Waals surface area contributed by atoms with Crippen molar-refractivity contribution in [2.45, 2.75) is 13.0 Å². The smallest absolute Gasteiger partial charge is 0.328 e. The lowest BCUT2D eigenvalue weighted by atomic mass is 10.00. The second-order valence-electron chi connectivity index (χ2n) is 5.49. The molecule has 1 N–H and O–H groups in total. The van der Waals surface area contributed by atoms with Gasteiger partial charge in [-0.2, -0.15) is 0 Å². The first kappa shape index (κ1) is 14.0. The lowest BCUT2D eigenvalue weighted by Crippen LogP contribution is -2.31. The molecule has 5 nitrogen and oxygen atoms in total. The van der Waals surface area contributed by atoms with Gasteiger partial charge in [0.25, 0.3) is 0 Å². The molecule has 0 bridgehead atoms. The van der Waals surface area contributed by atoms with E-state index < -0.39 is 5.97 Å². The number of carboxylic acid groups (broad SMARTS) is 1. The topological polar surface area (TPSA) is 57.8 Å². The summed E-state index contributed by atoms with van der Waals surface area (Å²) in [7, 11) is 0. The van der Waals surface area contributed by atoms with Gasteiger partial charge in [0.15, 0.2) is 10.8 Å². The average molecular weight is 325 g/mol. The number of carbonyl (C=O) groups is 1. The Kier molecular flexibility index (Phi) is 3.38. The fourth-order valence-electron chi connectivity index (χ4n) is 3.01. The first-order chi connectivity index (χ1) is 11.2. The first-order valence-electron chi connectivity index (χ1n) is 7.40. The summed E-state index contributed by atoms with van der Waals surface area (Å²) in [6.07, 6.45) is 5.70. The fraction of sp³-hybridized carbons (Fsp3) is 0.176. The Balaban J connectivity index is 1.76. The maximum absolute atomic E-state index is 10.9. The van der Waals surface area contributed by atoms with Crippen LogP contribution in [-0.2, 0) is 17.8 Å². The van der Waals surface area contributed by atoms with Crippen LogP contribution >= 0.6 is 11.3 Å². The van der Waals surface area contributed by atoms with E-state index in [1.54, 1.807) is 17.4 Å². The predicted octanol–water partition coefficient (Wildman–Crippen LogP) is 3.06. The van der Waals surface area contributed by atoms with Gasteiger partial charge in [-0.1, -0.05) is 24.3 Å². The number of hydrogen-bond donors (Lipinski definition) is 1. The van der Waals surface area contributed by atoms with Gasteiger partial charge in [0.05, 0.1) is 5.69 Å². The number of fused-ring (bicyclic) bond motifs is 2. The fourth-order valence-corrected chi connectivity index (χ4v) is 3.72. The molecule has 116 valence electrons. The van der Waals surface area contributed by atoms with Crippen molar-refractivity contribution in [1.82, 2.24) is 9.38 Å². The van der Waals surface area contributed by atoms with Gasteiger partial charge in [-0.25, -0.2) is 9.78 Å². The molecule has 0 fully saturated rings. The van der Waals surface area contributed by atoms with Gasteiger partial charge in [0, 0.05) is 30.7 Å². The van der Waals surface area contributed by atoms with Gasteiger partial charge in [-0.15, -0.1) is 11.3 Å². The van der Waals surface area contributed by atoms with Crippen molar-refractivity contribution in [2.75, 3.05) is 11.4 Å². The third kappa shape index (κ3) is 2.51. The van der Waals surface area contributed by atoms with E-state index in [1.807, 2.05) is 16.0 Å². The van der Waals surface area contributed by atoms with E-state index in [9.17, 15) is 4.79 Å². The van der Waals surface area contributed by atoms with E-state index in [4.69, 9.17) is 10.1 Å². The lowest BCUT2D eigenvalue weighted by Gasteiger charge is -2.29. The second-order valence-corrected chi connectivity index (χ2v) is 6.36. The minimum atomic E-state index is -0.954. The van der Waals surface area contributed by atoms with Gasteiger partial charge in [0.1, 0.15) is 0 Å². The molecule has 1 aromatic carbocycles. The van der Waals surface area contributed by atoms with Gasteiger partial charge >= 0.3 is 5.97 Å². The number of thiazole rings is 1. The number of rotatable bonds is 3.